The molecule has 0 N–H and O–H groups in total. The number of esters is 1. The number of hydrogen-bond donors (Lipinski definition) is 0. The molecule has 8 heteroatoms. The number of fused-ring (bicyclic) bond motifs is 1. The smallest absolute Gasteiger partial charge is 0.339 e. The molecule has 1 unspecified atom stereocenters. The highest BCUT2D eigenvalue weighted by Crippen LogP contribution is 2.33. The van der Waals surface area contributed by atoms with E-state index >= 15 is 0 Å². The van der Waals surface area contributed by atoms with Gasteiger partial charge in [-0.1, -0.05) is 18.2 Å². The summed E-state index contributed by atoms with van der Waals surface area (Å²) in [5.74, 6) is -0.383. The Bertz CT molecular complexity index is 821. The second kappa shape index (κ2) is 8.81. The van der Waals surface area contributed by atoms with Crippen molar-refractivity contribution in [2.45, 2.75) is 19.1 Å². The van der Waals surface area contributed by atoms with Gasteiger partial charge in [0.15, 0.2) is 0 Å². The Hall–Kier alpha value is -2.29. The molecule has 1 atom stereocenters. The van der Waals surface area contributed by atoms with E-state index in [-0.39, 0.29) is 18.3 Å². The van der Waals surface area contributed by atoms with Gasteiger partial charge in [-0.05, 0) is 6.07 Å². The van der Waals surface area contributed by atoms with Gasteiger partial charge in [0, 0.05) is 43.3 Å². The first-order valence-corrected chi connectivity index (χ1v) is 10.3. The first kappa shape index (κ1) is 19.0. The highest BCUT2D eigenvalue weighted by Gasteiger charge is 2.33. The Morgan fingerprint density at radius 3 is 2.89 bits per heavy atom. The van der Waals surface area contributed by atoms with E-state index in [0.717, 1.165) is 43.4 Å². The van der Waals surface area contributed by atoms with E-state index in [4.69, 9.17) is 9.47 Å². The zero-order valence-corrected chi connectivity index (χ0v) is 16.4. The monoisotopic (exact) mass is 401 g/mol. The fourth-order valence-electron chi connectivity index (χ4n) is 3.53. The second-order valence-electron chi connectivity index (χ2n) is 6.88. The van der Waals surface area contributed by atoms with E-state index in [0.29, 0.717) is 18.7 Å². The largest absolute Gasteiger partial charge is 0.453 e. The van der Waals surface area contributed by atoms with Crippen molar-refractivity contribution in [1.82, 2.24) is 14.8 Å². The van der Waals surface area contributed by atoms with Crippen LogP contribution in [0.3, 0.4) is 0 Å². The highest BCUT2D eigenvalue weighted by atomic mass is 32.1. The lowest BCUT2D eigenvalue weighted by Crippen LogP contribution is -2.43. The molecule has 1 saturated heterocycles. The lowest BCUT2D eigenvalue weighted by atomic mass is 10.0. The molecule has 7 nitrogen and oxygen atoms in total. The van der Waals surface area contributed by atoms with Crippen molar-refractivity contribution in [2.75, 3.05) is 39.4 Å². The van der Waals surface area contributed by atoms with Crippen molar-refractivity contribution in [2.24, 2.45) is 0 Å². The van der Waals surface area contributed by atoms with Crippen LogP contribution < -0.4 is 0 Å². The van der Waals surface area contributed by atoms with Gasteiger partial charge in [-0.25, -0.2) is 9.78 Å². The van der Waals surface area contributed by atoms with E-state index in [1.54, 1.807) is 18.3 Å². The quantitative estimate of drug-likeness (QED) is 0.662. The van der Waals surface area contributed by atoms with Crippen molar-refractivity contribution < 1.29 is 19.1 Å². The summed E-state index contributed by atoms with van der Waals surface area (Å²) in [5, 5.41) is 2.81. The van der Waals surface area contributed by atoms with Gasteiger partial charge in [0.1, 0.15) is 11.1 Å². The van der Waals surface area contributed by atoms with Gasteiger partial charge in [0.2, 0.25) is 5.91 Å². The maximum absolute atomic E-state index is 13.1. The summed E-state index contributed by atoms with van der Waals surface area (Å²) in [4.78, 5) is 33.6. The average molecular weight is 401 g/mol. The molecule has 1 fully saturated rings. The maximum Gasteiger partial charge on any atom is 0.339 e. The standard InChI is InChI=1S/C20H23N3O4S/c24-19(13-17-15-3-1-2-4-16(15)20(25)27-17)23(14-18-21-5-12-28-18)7-6-22-8-10-26-11-9-22/h1-5,12,17H,6-11,13-14H2. The van der Waals surface area contributed by atoms with Crippen LogP contribution in [0, 0.1) is 0 Å². The number of benzene rings is 1. The van der Waals surface area contributed by atoms with Crippen molar-refractivity contribution >= 4 is 23.2 Å². The zero-order chi connectivity index (χ0) is 19.3. The van der Waals surface area contributed by atoms with E-state index in [2.05, 4.69) is 9.88 Å². The third-order valence-electron chi connectivity index (χ3n) is 5.09. The second-order valence-corrected chi connectivity index (χ2v) is 7.86. The molecule has 1 aromatic carbocycles. The summed E-state index contributed by atoms with van der Waals surface area (Å²) >= 11 is 1.54. The minimum absolute atomic E-state index is 0.0297. The van der Waals surface area contributed by atoms with Gasteiger partial charge in [-0.3, -0.25) is 9.69 Å². The highest BCUT2D eigenvalue weighted by molar-refractivity contribution is 7.09. The van der Waals surface area contributed by atoms with E-state index in [1.165, 1.54) is 11.3 Å². The number of amides is 1. The molecule has 0 spiro atoms. The van der Waals surface area contributed by atoms with Gasteiger partial charge in [-0.2, -0.15) is 0 Å². The molecule has 3 heterocycles. The van der Waals surface area contributed by atoms with Crippen LogP contribution in [0.25, 0.3) is 0 Å². The minimum Gasteiger partial charge on any atom is -0.453 e. The van der Waals surface area contributed by atoms with Crippen molar-refractivity contribution in [3.05, 3.63) is 52.0 Å². The summed E-state index contributed by atoms with van der Waals surface area (Å²) in [6.45, 7) is 5.11. The molecule has 2 aliphatic rings. The third-order valence-corrected chi connectivity index (χ3v) is 5.85. The Balaban J connectivity index is 1.43. The number of aromatic nitrogens is 1. The normalized spacial score (nSPS) is 19.3. The van der Waals surface area contributed by atoms with Gasteiger partial charge in [0.05, 0.1) is 31.7 Å². The van der Waals surface area contributed by atoms with Crippen LogP contribution in [0.1, 0.15) is 33.5 Å². The van der Waals surface area contributed by atoms with Crippen LogP contribution >= 0.6 is 11.3 Å². The van der Waals surface area contributed by atoms with E-state index in [9.17, 15) is 9.59 Å². The van der Waals surface area contributed by atoms with E-state index < -0.39 is 6.10 Å². The number of ether oxygens (including phenoxy) is 2. The number of thiazole rings is 1. The first-order chi connectivity index (χ1) is 13.7. The van der Waals surface area contributed by atoms with Crippen LogP contribution in [0.5, 0.6) is 0 Å². The predicted molar refractivity (Wildman–Crippen MR) is 104 cm³/mol. The van der Waals surface area contributed by atoms with Crippen LogP contribution in [0.2, 0.25) is 0 Å². The average Bonchev–Trinajstić information content (AvgIpc) is 3.34. The molecule has 148 valence electrons. The van der Waals surface area contributed by atoms with Gasteiger partial charge in [-0.15, -0.1) is 11.3 Å². The number of nitrogens with zero attached hydrogens (tertiary/aromatic N) is 3. The molecule has 1 amide bonds. The van der Waals surface area contributed by atoms with Gasteiger partial charge >= 0.3 is 5.97 Å². The first-order valence-electron chi connectivity index (χ1n) is 9.47. The lowest BCUT2D eigenvalue weighted by molar-refractivity contribution is -0.134. The topological polar surface area (TPSA) is 72.0 Å². The summed E-state index contributed by atoms with van der Waals surface area (Å²) in [6.07, 6.45) is 1.38. The summed E-state index contributed by atoms with van der Waals surface area (Å²) < 4.78 is 10.8. The number of carbonyl (C=O) groups excluding carboxylic acids is 2. The summed E-state index contributed by atoms with van der Waals surface area (Å²) in [7, 11) is 0. The molecule has 0 saturated carbocycles. The SMILES string of the molecule is O=C1OC(CC(=O)N(CCN2CCOCC2)Cc2nccs2)c2ccccc21. The summed E-state index contributed by atoms with van der Waals surface area (Å²) in [5.41, 5.74) is 1.35. The maximum atomic E-state index is 13.1. The Morgan fingerprint density at radius 1 is 1.29 bits per heavy atom. The van der Waals surface area contributed by atoms with Crippen LogP contribution in [-0.2, 0) is 20.8 Å². The molecular weight excluding hydrogens is 378 g/mol. The van der Waals surface area contributed by atoms with Crippen molar-refractivity contribution in [3.8, 4) is 0 Å². The fourth-order valence-corrected chi connectivity index (χ4v) is 4.16. The minimum atomic E-state index is -0.515. The molecule has 28 heavy (non-hydrogen) atoms. The lowest BCUT2D eigenvalue weighted by Gasteiger charge is -2.30. The molecule has 2 aromatic rings. The number of hydrogen-bond acceptors (Lipinski definition) is 7. The Morgan fingerprint density at radius 2 is 2.11 bits per heavy atom. The predicted octanol–water partition coefficient (Wildman–Crippen LogP) is 2.11. The molecule has 0 aliphatic carbocycles. The van der Waals surface area contributed by atoms with Crippen LogP contribution in [0.15, 0.2) is 35.8 Å². The molecule has 0 bridgehead atoms. The molecule has 0 radical (unpaired) electrons. The molecule has 2 aliphatic heterocycles. The van der Waals surface area contributed by atoms with Crippen LogP contribution in [-0.4, -0.2) is 66.1 Å². The van der Waals surface area contributed by atoms with Crippen molar-refractivity contribution in [1.29, 1.82) is 0 Å². The number of morpholine rings is 1. The molecule has 1 aromatic heterocycles. The molecular formula is C20H23N3O4S. The Labute approximate surface area is 167 Å². The van der Waals surface area contributed by atoms with Gasteiger partial charge in [0.25, 0.3) is 0 Å². The zero-order valence-electron chi connectivity index (χ0n) is 15.6. The Kier molecular flexibility index (Phi) is 5.99. The number of carbonyl (C=O) groups is 2. The fraction of sp³-hybridized carbons (Fsp3) is 0.450. The summed E-state index contributed by atoms with van der Waals surface area (Å²) in [6, 6.07) is 7.27. The van der Waals surface area contributed by atoms with Crippen molar-refractivity contribution in [3.63, 3.8) is 0 Å². The third kappa shape index (κ3) is 4.40. The molecule has 4 rings (SSSR count). The van der Waals surface area contributed by atoms with Crippen LogP contribution in [0.4, 0.5) is 0 Å². The van der Waals surface area contributed by atoms with E-state index in [1.807, 2.05) is 22.4 Å². The van der Waals surface area contributed by atoms with Gasteiger partial charge < -0.3 is 14.4 Å². The number of cyclic esters (lactones) is 1. The number of rotatable bonds is 7.